The molecular weight excluding hydrogens is 330 g/mol. The van der Waals surface area contributed by atoms with Crippen LogP contribution in [0.1, 0.15) is 54.2 Å². The molecule has 126 valence electrons. The van der Waals surface area contributed by atoms with Crippen LogP contribution in [0.25, 0.3) is 10.3 Å². The van der Waals surface area contributed by atoms with Gasteiger partial charge >= 0.3 is 0 Å². The van der Waals surface area contributed by atoms with Crippen LogP contribution in [-0.4, -0.2) is 21.2 Å². The fraction of sp³-hybridized carbons (Fsp3) is 0.368. The second-order valence-corrected chi connectivity index (χ2v) is 7.78. The summed E-state index contributed by atoms with van der Waals surface area (Å²) in [7, 11) is 0. The number of nitrogens with one attached hydrogen (secondary N) is 1. The fourth-order valence-electron chi connectivity index (χ4n) is 3.70. The van der Waals surface area contributed by atoms with Crippen LogP contribution < -0.4 is 5.32 Å². The molecule has 1 N–H and O–H groups in total. The standard InChI is InChI=1S/C19H19N5S/c1-2-4-12(5-3-1)18-24-16-17(21-11-22-19(16)25-18)23-15-7-6-13-9-20-10-14(13)8-15/h6-8,10-12H,1-5,9H2,(H,21,22,23). The molecule has 1 aliphatic carbocycles. The smallest absolute Gasteiger partial charge is 0.161 e. The van der Waals surface area contributed by atoms with E-state index in [9.17, 15) is 0 Å². The quantitative estimate of drug-likeness (QED) is 0.737. The second kappa shape index (κ2) is 6.19. The summed E-state index contributed by atoms with van der Waals surface area (Å²) in [5.74, 6) is 1.38. The number of aromatic nitrogens is 3. The lowest BCUT2D eigenvalue weighted by molar-refractivity contribution is 0.443. The minimum Gasteiger partial charge on any atom is -0.338 e. The number of thiazole rings is 1. The molecule has 2 aromatic heterocycles. The Morgan fingerprint density at radius 3 is 2.92 bits per heavy atom. The number of hydrogen-bond acceptors (Lipinski definition) is 6. The molecule has 25 heavy (non-hydrogen) atoms. The molecule has 0 spiro atoms. The summed E-state index contributed by atoms with van der Waals surface area (Å²) in [6.07, 6.45) is 10.0. The summed E-state index contributed by atoms with van der Waals surface area (Å²) in [5, 5.41) is 4.65. The van der Waals surface area contributed by atoms with Gasteiger partial charge in [0.25, 0.3) is 0 Å². The maximum absolute atomic E-state index is 4.91. The number of rotatable bonds is 3. The van der Waals surface area contributed by atoms with Crippen LogP contribution in [-0.2, 0) is 6.54 Å². The van der Waals surface area contributed by atoms with Crippen molar-refractivity contribution in [3.63, 3.8) is 0 Å². The number of hydrogen-bond donors (Lipinski definition) is 1. The van der Waals surface area contributed by atoms with E-state index in [4.69, 9.17) is 4.98 Å². The summed E-state index contributed by atoms with van der Waals surface area (Å²) in [6, 6.07) is 6.32. The average molecular weight is 349 g/mol. The minimum absolute atomic E-state index is 0.594. The van der Waals surface area contributed by atoms with Crippen molar-refractivity contribution >= 4 is 39.4 Å². The van der Waals surface area contributed by atoms with Crippen LogP contribution in [0.4, 0.5) is 11.5 Å². The Hall–Kier alpha value is -2.34. The SMILES string of the molecule is C1=NCc2ccc(Nc3ncnc4sc(C5CCCCC5)nc34)cc21. The van der Waals surface area contributed by atoms with Crippen molar-refractivity contribution in [2.75, 3.05) is 5.32 Å². The molecule has 5 nitrogen and oxygen atoms in total. The number of benzene rings is 1. The Balaban J connectivity index is 1.48. The Morgan fingerprint density at radius 2 is 2.00 bits per heavy atom. The highest BCUT2D eigenvalue weighted by molar-refractivity contribution is 7.18. The van der Waals surface area contributed by atoms with Crippen molar-refractivity contribution in [2.45, 2.75) is 44.6 Å². The van der Waals surface area contributed by atoms with Gasteiger partial charge < -0.3 is 5.32 Å². The third-order valence-corrected chi connectivity index (χ3v) is 6.19. The van der Waals surface area contributed by atoms with Gasteiger partial charge in [-0.2, -0.15) is 0 Å². The molecule has 0 saturated heterocycles. The van der Waals surface area contributed by atoms with Crippen molar-refractivity contribution in [3.8, 4) is 0 Å². The van der Waals surface area contributed by atoms with Crippen LogP contribution in [0.5, 0.6) is 0 Å². The van der Waals surface area contributed by atoms with Crippen LogP contribution in [0.15, 0.2) is 29.5 Å². The van der Waals surface area contributed by atoms with Gasteiger partial charge in [-0.15, -0.1) is 0 Å². The lowest BCUT2D eigenvalue weighted by Gasteiger charge is -2.18. The van der Waals surface area contributed by atoms with E-state index >= 15 is 0 Å². The molecule has 3 aromatic rings. The molecule has 1 aromatic carbocycles. The van der Waals surface area contributed by atoms with Gasteiger partial charge in [-0.1, -0.05) is 36.7 Å². The van der Waals surface area contributed by atoms with Crippen LogP contribution in [0.3, 0.4) is 0 Å². The van der Waals surface area contributed by atoms with Crippen molar-refractivity contribution in [1.29, 1.82) is 0 Å². The molecule has 1 saturated carbocycles. The highest BCUT2D eigenvalue weighted by Crippen LogP contribution is 2.37. The van der Waals surface area contributed by atoms with Gasteiger partial charge in [-0.25, -0.2) is 15.0 Å². The van der Waals surface area contributed by atoms with E-state index in [-0.39, 0.29) is 0 Å². The molecule has 0 amide bonds. The van der Waals surface area contributed by atoms with E-state index in [1.807, 2.05) is 6.21 Å². The largest absolute Gasteiger partial charge is 0.338 e. The van der Waals surface area contributed by atoms with E-state index in [1.54, 1.807) is 17.7 Å². The molecule has 1 fully saturated rings. The summed E-state index contributed by atoms with van der Waals surface area (Å²) >= 11 is 1.73. The first kappa shape index (κ1) is 15.0. The van der Waals surface area contributed by atoms with E-state index in [1.165, 1.54) is 48.2 Å². The first-order valence-electron chi connectivity index (χ1n) is 8.88. The topological polar surface area (TPSA) is 63.1 Å². The zero-order valence-electron chi connectivity index (χ0n) is 13.9. The summed E-state index contributed by atoms with van der Waals surface area (Å²) in [6.45, 7) is 0.782. The van der Waals surface area contributed by atoms with Gasteiger partial charge in [-0.3, -0.25) is 4.99 Å². The molecule has 0 radical (unpaired) electrons. The Kier molecular flexibility index (Phi) is 3.70. The highest BCUT2D eigenvalue weighted by Gasteiger charge is 2.21. The second-order valence-electron chi connectivity index (χ2n) is 6.77. The van der Waals surface area contributed by atoms with E-state index in [2.05, 4.69) is 38.5 Å². The van der Waals surface area contributed by atoms with Crippen molar-refractivity contribution in [1.82, 2.24) is 15.0 Å². The maximum Gasteiger partial charge on any atom is 0.161 e. The average Bonchev–Trinajstić information content (AvgIpc) is 3.29. The lowest BCUT2D eigenvalue weighted by atomic mass is 9.90. The van der Waals surface area contributed by atoms with Gasteiger partial charge in [0.1, 0.15) is 16.7 Å². The highest BCUT2D eigenvalue weighted by atomic mass is 32.1. The van der Waals surface area contributed by atoms with Gasteiger partial charge in [0.15, 0.2) is 5.82 Å². The molecule has 2 aliphatic rings. The summed E-state index contributed by atoms with van der Waals surface area (Å²) < 4.78 is 0. The lowest BCUT2D eigenvalue weighted by Crippen LogP contribution is -2.03. The maximum atomic E-state index is 4.91. The molecule has 0 unspecified atom stereocenters. The first-order chi connectivity index (χ1) is 12.4. The molecular formula is C19H19N5S. The summed E-state index contributed by atoms with van der Waals surface area (Å²) in [5.41, 5.74) is 4.35. The van der Waals surface area contributed by atoms with Gasteiger partial charge in [0.2, 0.25) is 0 Å². The van der Waals surface area contributed by atoms with E-state index in [0.29, 0.717) is 5.92 Å². The summed E-state index contributed by atoms with van der Waals surface area (Å²) in [4.78, 5) is 19.1. The van der Waals surface area contributed by atoms with Gasteiger partial charge in [0, 0.05) is 17.8 Å². The molecule has 0 atom stereocenters. The third kappa shape index (κ3) is 2.80. The Labute approximate surface area is 150 Å². The van der Waals surface area contributed by atoms with Crippen molar-refractivity contribution in [2.24, 2.45) is 4.99 Å². The molecule has 0 bridgehead atoms. The predicted molar refractivity (Wildman–Crippen MR) is 102 cm³/mol. The van der Waals surface area contributed by atoms with Crippen molar-refractivity contribution in [3.05, 3.63) is 40.7 Å². The van der Waals surface area contributed by atoms with E-state index < -0.39 is 0 Å². The fourth-order valence-corrected chi connectivity index (χ4v) is 4.78. The zero-order valence-corrected chi connectivity index (χ0v) is 14.7. The number of nitrogens with zero attached hydrogens (tertiary/aromatic N) is 4. The predicted octanol–water partition coefficient (Wildman–Crippen LogP) is 4.81. The molecule has 6 heteroatoms. The van der Waals surface area contributed by atoms with Crippen LogP contribution in [0.2, 0.25) is 0 Å². The van der Waals surface area contributed by atoms with Crippen LogP contribution in [0, 0.1) is 0 Å². The zero-order chi connectivity index (χ0) is 16.6. The normalized spacial score (nSPS) is 17.1. The minimum atomic E-state index is 0.594. The van der Waals surface area contributed by atoms with Crippen molar-refractivity contribution < 1.29 is 0 Å². The number of fused-ring (bicyclic) bond motifs is 2. The van der Waals surface area contributed by atoms with Gasteiger partial charge in [0.05, 0.1) is 11.6 Å². The Bertz CT molecular complexity index is 956. The number of aliphatic imine (C=N–C) groups is 1. The monoisotopic (exact) mass is 349 g/mol. The number of anilines is 2. The molecule has 3 heterocycles. The van der Waals surface area contributed by atoms with E-state index in [0.717, 1.165) is 28.4 Å². The molecule has 5 rings (SSSR count). The first-order valence-corrected chi connectivity index (χ1v) is 9.70. The molecule has 1 aliphatic heterocycles. The Morgan fingerprint density at radius 1 is 1.08 bits per heavy atom. The van der Waals surface area contributed by atoms with Crippen LogP contribution >= 0.6 is 11.3 Å². The third-order valence-electron chi connectivity index (χ3n) is 5.07. The van der Waals surface area contributed by atoms with Gasteiger partial charge in [-0.05, 0) is 36.1 Å².